The number of hydrogen-bond donors (Lipinski definition) is 0. The molecule has 0 aliphatic heterocycles. The van der Waals surface area contributed by atoms with Crippen molar-refractivity contribution in [2.45, 2.75) is 0 Å². The third kappa shape index (κ3) is 2.60. The number of non-ortho nitro benzene ring substituents is 1. The van der Waals surface area contributed by atoms with Crippen LogP contribution < -0.4 is 0 Å². The van der Waals surface area contributed by atoms with Gasteiger partial charge in [-0.05, 0) is 0 Å². The molecule has 0 aliphatic carbocycles. The second-order valence-electron chi connectivity index (χ2n) is 1.59. The van der Waals surface area contributed by atoms with Gasteiger partial charge in [-0.2, -0.15) is 0 Å². The van der Waals surface area contributed by atoms with Crippen molar-refractivity contribution in [1.29, 1.82) is 0 Å². The second-order valence-corrected chi connectivity index (χ2v) is 1.59. The number of nitro benzene ring substituents is 1. The molecule has 0 spiro atoms. The third-order valence-electron chi connectivity index (χ3n) is 0.967. The first-order valence-electron chi connectivity index (χ1n) is 2.50. The molecule has 0 saturated carbocycles. The molecular formula is C6H5LaNO2. The zero-order valence-corrected chi connectivity index (χ0v) is 8.85. The summed E-state index contributed by atoms with van der Waals surface area (Å²) < 4.78 is 0. The van der Waals surface area contributed by atoms with E-state index in [1.165, 1.54) is 12.1 Å². The SMILES string of the molecule is O=[N+]([O-])c1ccccc1.[La]. The van der Waals surface area contributed by atoms with Gasteiger partial charge in [0.1, 0.15) is 0 Å². The standard InChI is InChI=1S/C6H5NO2.La/c8-7(9)6-4-2-1-3-5-6;/h1-5H;. The van der Waals surface area contributed by atoms with Crippen molar-refractivity contribution in [2.75, 3.05) is 0 Å². The summed E-state index contributed by atoms with van der Waals surface area (Å²) in [6.45, 7) is 0. The van der Waals surface area contributed by atoms with Crippen molar-refractivity contribution in [1.82, 2.24) is 0 Å². The Morgan fingerprint density at radius 2 is 1.70 bits per heavy atom. The Morgan fingerprint density at radius 1 is 1.20 bits per heavy atom. The maximum atomic E-state index is 10.0. The van der Waals surface area contributed by atoms with Crippen LogP contribution in [0.3, 0.4) is 0 Å². The number of nitro groups is 1. The van der Waals surface area contributed by atoms with Gasteiger partial charge in [0, 0.05) is 47.7 Å². The quantitative estimate of drug-likeness (QED) is 0.569. The topological polar surface area (TPSA) is 43.1 Å². The maximum Gasteiger partial charge on any atom is 0.269 e. The van der Waals surface area contributed by atoms with Crippen LogP contribution in [0.4, 0.5) is 5.69 Å². The summed E-state index contributed by atoms with van der Waals surface area (Å²) in [4.78, 5) is 9.59. The monoisotopic (exact) mass is 262 g/mol. The van der Waals surface area contributed by atoms with Gasteiger partial charge in [0.15, 0.2) is 0 Å². The summed E-state index contributed by atoms with van der Waals surface area (Å²) in [6, 6.07) is 7.93. The Labute approximate surface area is 86.2 Å². The van der Waals surface area contributed by atoms with E-state index in [0.29, 0.717) is 0 Å². The van der Waals surface area contributed by atoms with Crippen molar-refractivity contribution in [3.8, 4) is 0 Å². The molecule has 0 atom stereocenters. The van der Waals surface area contributed by atoms with E-state index in [2.05, 4.69) is 0 Å². The number of rotatable bonds is 1. The second kappa shape index (κ2) is 4.60. The van der Waals surface area contributed by atoms with Gasteiger partial charge in [0.2, 0.25) is 0 Å². The molecule has 4 heteroatoms. The number of para-hydroxylation sites is 1. The number of benzene rings is 1. The van der Waals surface area contributed by atoms with Crippen LogP contribution in [0.25, 0.3) is 0 Å². The molecule has 10 heavy (non-hydrogen) atoms. The molecule has 49 valence electrons. The van der Waals surface area contributed by atoms with E-state index in [1.807, 2.05) is 0 Å². The molecule has 0 bridgehead atoms. The van der Waals surface area contributed by atoms with Crippen LogP contribution in [-0.2, 0) is 0 Å². The fraction of sp³-hybridized carbons (Fsp3) is 0. The Kier molecular flexibility index (Phi) is 4.52. The van der Waals surface area contributed by atoms with E-state index in [9.17, 15) is 10.1 Å². The van der Waals surface area contributed by atoms with E-state index >= 15 is 0 Å². The molecule has 1 rings (SSSR count). The molecule has 0 N–H and O–H groups in total. The molecule has 0 amide bonds. The van der Waals surface area contributed by atoms with Gasteiger partial charge < -0.3 is 0 Å². The summed E-state index contributed by atoms with van der Waals surface area (Å²) in [5.74, 6) is 0. The average Bonchev–Trinajstić information content (AvgIpc) is 1.90. The number of hydrogen-bond acceptors (Lipinski definition) is 2. The van der Waals surface area contributed by atoms with E-state index in [0.717, 1.165) is 0 Å². The molecule has 0 aromatic heterocycles. The summed E-state index contributed by atoms with van der Waals surface area (Å²) >= 11 is 0. The van der Waals surface area contributed by atoms with Gasteiger partial charge in [0.05, 0.1) is 4.92 Å². The van der Waals surface area contributed by atoms with Gasteiger partial charge in [0.25, 0.3) is 5.69 Å². The first-order valence-corrected chi connectivity index (χ1v) is 2.50. The first kappa shape index (κ1) is 9.81. The zero-order chi connectivity index (χ0) is 6.69. The van der Waals surface area contributed by atoms with Crippen LogP contribution in [0.5, 0.6) is 0 Å². The van der Waals surface area contributed by atoms with Crippen LogP contribution >= 0.6 is 0 Å². The molecule has 0 unspecified atom stereocenters. The minimum Gasteiger partial charge on any atom is -0.258 e. The smallest absolute Gasteiger partial charge is 0.258 e. The van der Waals surface area contributed by atoms with Crippen molar-refractivity contribution in [3.63, 3.8) is 0 Å². The molecule has 0 fully saturated rings. The largest absolute Gasteiger partial charge is 0.269 e. The molecule has 0 aliphatic rings. The van der Waals surface area contributed by atoms with E-state index in [4.69, 9.17) is 0 Å². The minimum atomic E-state index is -0.417. The molecule has 1 radical (unpaired) electrons. The summed E-state index contributed by atoms with van der Waals surface area (Å²) in [6.07, 6.45) is 0. The van der Waals surface area contributed by atoms with Crippen LogP contribution in [0.15, 0.2) is 30.3 Å². The minimum absolute atomic E-state index is 0. The normalized spacial score (nSPS) is 8.00. The number of nitrogens with zero attached hydrogens (tertiary/aromatic N) is 1. The fourth-order valence-corrected chi connectivity index (χ4v) is 0.550. The van der Waals surface area contributed by atoms with Crippen LogP contribution in [0, 0.1) is 45.7 Å². The van der Waals surface area contributed by atoms with Gasteiger partial charge in [-0.3, -0.25) is 10.1 Å². The predicted octanol–water partition coefficient (Wildman–Crippen LogP) is 1.59. The third-order valence-corrected chi connectivity index (χ3v) is 0.967. The Morgan fingerprint density at radius 3 is 2.00 bits per heavy atom. The van der Waals surface area contributed by atoms with Crippen LogP contribution in [-0.4, -0.2) is 4.92 Å². The fourth-order valence-electron chi connectivity index (χ4n) is 0.550. The van der Waals surface area contributed by atoms with E-state index in [-0.39, 0.29) is 41.3 Å². The van der Waals surface area contributed by atoms with Gasteiger partial charge in [-0.25, -0.2) is 0 Å². The van der Waals surface area contributed by atoms with Gasteiger partial charge in [-0.1, -0.05) is 18.2 Å². The van der Waals surface area contributed by atoms with Crippen molar-refractivity contribution < 1.29 is 40.5 Å². The molecule has 3 nitrogen and oxygen atoms in total. The summed E-state index contributed by atoms with van der Waals surface area (Å²) in [7, 11) is 0. The molecule has 1 aromatic rings. The van der Waals surface area contributed by atoms with Crippen LogP contribution in [0.1, 0.15) is 0 Å². The van der Waals surface area contributed by atoms with Gasteiger partial charge in [-0.15, -0.1) is 0 Å². The maximum absolute atomic E-state index is 10.0. The zero-order valence-electron chi connectivity index (χ0n) is 5.23. The van der Waals surface area contributed by atoms with Crippen LogP contribution in [0.2, 0.25) is 0 Å². The molecule has 1 aromatic carbocycles. The Balaban J connectivity index is 0.000000810. The molecular weight excluding hydrogens is 257 g/mol. The first-order chi connectivity index (χ1) is 4.30. The summed E-state index contributed by atoms with van der Waals surface area (Å²) in [5, 5.41) is 10.0. The average molecular weight is 262 g/mol. The van der Waals surface area contributed by atoms with Crippen molar-refractivity contribution >= 4 is 5.69 Å². The Hall–Kier alpha value is -0.185. The molecule has 0 saturated heterocycles. The van der Waals surface area contributed by atoms with E-state index in [1.54, 1.807) is 18.2 Å². The Bertz CT molecular complexity index is 212. The predicted molar refractivity (Wildman–Crippen MR) is 33.1 cm³/mol. The van der Waals surface area contributed by atoms with Gasteiger partial charge >= 0.3 is 0 Å². The van der Waals surface area contributed by atoms with E-state index < -0.39 is 4.92 Å². The van der Waals surface area contributed by atoms with Crippen molar-refractivity contribution in [3.05, 3.63) is 40.4 Å². The molecule has 0 heterocycles. The summed E-state index contributed by atoms with van der Waals surface area (Å²) in [5.41, 5.74) is 0.137. The van der Waals surface area contributed by atoms with Crippen molar-refractivity contribution in [2.24, 2.45) is 0 Å².